The molecule has 1 heterocycles. The molecule has 4 atom stereocenters. The molecule has 1 aliphatic rings. The SMILES string of the molecule is COc1cc(C=CC2(CO)OC(Oc3ccccc3)C(O)C(O)(O)C2O)ccc1O. The van der Waals surface area contributed by atoms with Crippen LogP contribution in [-0.2, 0) is 4.74 Å². The molecular formula is C21H24O9. The third-order valence-electron chi connectivity index (χ3n) is 4.90. The molecule has 0 radical (unpaired) electrons. The van der Waals surface area contributed by atoms with Crippen LogP contribution in [0.1, 0.15) is 5.56 Å². The lowest BCUT2D eigenvalue weighted by molar-refractivity contribution is -0.393. The molecule has 0 aliphatic carbocycles. The van der Waals surface area contributed by atoms with Crippen LogP contribution >= 0.6 is 0 Å². The van der Waals surface area contributed by atoms with Crippen molar-refractivity contribution in [2.45, 2.75) is 29.9 Å². The highest BCUT2D eigenvalue weighted by Gasteiger charge is 2.61. The van der Waals surface area contributed by atoms with Gasteiger partial charge in [-0.05, 0) is 35.9 Å². The van der Waals surface area contributed by atoms with E-state index in [9.17, 15) is 30.6 Å². The van der Waals surface area contributed by atoms with Crippen LogP contribution in [0.15, 0.2) is 54.6 Å². The van der Waals surface area contributed by atoms with E-state index in [-0.39, 0.29) is 17.2 Å². The van der Waals surface area contributed by atoms with E-state index >= 15 is 0 Å². The van der Waals surface area contributed by atoms with Crippen LogP contribution in [0.25, 0.3) is 6.08 Å². The molecule has 1 saturated heterocycles. The minimum Gasteiger partial charge on any atom is -0.504 e. The molecule has 162 valence electrons. The van der Waals surface area contributed by atoms with E-state index in [0.717, 1.165) is 0 Å². The second-order valence-electron chi connectivity index (χ2n) is 6.93. The Morgan fingerprint density at radius 3 is 2.43 bits per heavy atom. The van der Waals surface area contributed by atoms with E-state index in [0.29, 0.717) is 5.56 Å². The summed E-state index contributed by atoms with van der Waals surface area (Å²) in [6.07, 6.45) is -3.12. The van der Waals surface area contributed by atoms with Gasteiger partial charge in [-0.2, -0.15) is 0 Å². The molecule has 0 saturated carbocycles. The summed E-state index contributed by atoms with van der Waals surface area (Å²) in [5.41, 5.74) is -1.52. The van der Waals surface area contributed by atoms with Crippen molar-refractivity contribution in [3.8, 4) is 17.2 Å². The highest BCUT2D eigenvalue weighted by molar-refractivity contribution is 5.56. The fraction of sp³-hybridized carbons (Fsp3) is 0.333. The second-order valence-corrected chi connectivity index (χ2v) is 6.93. The fourth-order valence-corrected chi connectivity index (χ4v) is 3.13. The van der Waals surface area contributed by atoms with Gasteiger partial charge in [-0.3, -0.25) is 0 Å². The summed E-state index contributed by atoms with van der Waals surface area (Å²) in [6, 6.07) is 12.6. The highest BCUT2D eigenvalue weighted by atomic mass is 16.7. The summed E-state index contributed by atoms with van der Waals surface area (Å²) < 4.78 is 16.2. The van der Waals surface area contributed by atoms with Crippen molar-refractivity contribution in [2.24, 2.45) is 0 Å². The summed E-state index contributed by atoms with van der Waals surface area (Å²) in [7, 11) is 1.38. The average Bonchev–Trinajstić information content (AvgIpc) is 2.75. The predicted octanol–water partition coefficient (Wildman–Crippen LogP) is -0.0169. The number of ether oxygens (including phenoxy) is 3. The van der Waals surface area contributed by atoms with Crippen molar-refractivity contribution < 1.29 is 44.8 Å². The maximum Gasteiger partial charge on any atom is 0.232 e. The molecule has 1 fully saturated rings. The first-order chi connectivity index (χ1) is 14.2. The van der Waals surface area contributed by atoms with Crippen LogP contribution in [0.5, 0.6) is 17.2 Å². The molecular weight excluding hydrogens is 396 g/mol. The molecule has 3 rings (SSSR count). The van der Waals surface area contributed by atoms with E-state index in [1.165, 1.54) is 37.5 Å². The van der Waals surface area contributed by atoms with Gasteiger partial charge in [-0.15, -0.1) is 0 Å². The van der Waals surface area contributed by atoms with E-state index in [1.807, 2.05) is 0 Å². The molecule has 9 nitrogen and oxygen atoms in total. The molecule has 0 bridgehead atoms. The number of phenolic OH excluding ortho intramolecular Hbond substituents is 1. The number of methoxy groups -OCH3 is 1. The number of phenols is 1. The first kappa shape index (κ1) is 22.0. The predicted molar refractivity (Wildman–Crippen MR) is 105 cm³/mol. The van der Waals surface area contributed by atoms with Gasteiger partial charge in [0.05, 0.1) is 13.7 Å². The molecule has 6 N–H and O–H groups in total. The van der Waals surface area contributed by atoms with Crippen LogP contribution in [-0.4, -0.2) is 74.2 Å². The Labute approximate surface area is 172 Å². The standard InChI is InChI=1S/C21H24O9/c1-28-16-11-13(7-8-15(16)23)9-10-20(12-22)19(25)21(26,27)17(24)18(30-20)29-14-5-3-2-4-6-14/h2-11,17-19,22-27H,12H2,1H3. The van der Waals surface area contributed by atoms with E-state index < -0.39 is 36.5 Å². The molecule has 9 heteroatoms. The molecule has 4 unspecified atom stereocenters. The number of aliphatic hydroxyl groups excluding tert-OH is 3. The van der Waals surface area contributed by atoms with Crippen molar-refractivity contribution in [1.82, 2.24) is 0 Å². The minimum atomic E-state index is -3.04. The van der Waals surface area contributed by atoms with Crippen molar-refractivity contribution in [3.63, 3.8) is 0 Å². The quantitative estimate of drug-likeness (QED) is 0.355. The summed E-state index contributed by atoms with van der Waals surface area (Å²) >= 11 is 0. The van der Waals surface area contributed by atoms with Gasteiger partial charge in [-0.1, -0.05) is 30.3 Å². The molecule has 0 spiro atoms. The maximum atomic E-state index is 10.5. The number of aromatic hydroxyl groups is 1. The zero-order chi connectivity index (χ0) is 21.9. The topological polar surface area (TPSA) is 149 Å². The second kappa shape index (κ2) is 8.60. The van der Waals surface area contributed by atoms with Crippen LogP contribution in [0.3, 0.4) is 0 Å². The number of para-hydroxylation sites is 1. The number of aliphatic hydroxyl groups is 5. The summed E-state index contributed by atoms with van der Waals surface area (Å²) in [6.45, 7) is -0.857. The first-order valence-corrected chi connectivity index (χ1v) is 9.11. The van der Waals surface area contributed by atoms with E-state index in [2.05, 4.69) is 0 Å². The molecule has 0 amide bonds. The monoisotopic (exact) mass is 420 g/mol. The third kappa shape index (κ3) is 4.12. The average molecular weight is 420 g/mol. The zero-order valence-corrected chi connectivity index (χ0v) is 16.1. The number of hydrogen-bond acceptors (Lipinski definition) is 9. The van der Waals surface area contributed by atoms with Gasteiger partial charge in [0, 0.05) is 0 Å². The van der Waals surface area contributed by atoms with Crippen LogP contribution in [0, 0.1) is 0 Å². The van der Waals surface area contributed by atoms with Crippen molar-refractivity contribution in [1.29, 1.82) is 0 Å². The van der Waals surface area contributed by atoms with Crippen molar-refractivity contribution in [2.75, 3.05) is 13.7 Å². The Bertz CT molecular complexity index is 883. The Balaban J connectivity index is 1.94. The Kier molecular flexibility index (Phi) is 6.32. The van der Waals surface area contributed by atoms with Gasteiger partial charge in [-0.25, -0.2) is 0 Å². The summed E-state index contributed by atoms with van der Waals surface area (Å²) in [5, 5.41) is 61.1. The number of rotatable bonds is 6. The lowest BCUT2D eigenvalue weighted by Crippen LogP contribution is -2.72. The minimum absolute atomic E-state index is 0.0790. The van der Waals surface area contributed by atoms with Gasteiger partial charge >= 0.3 is 0 Å². The fourth-order valence-electron chi connectivity index (χ4n) is 3.13. The maximum absolute atomic E-state index is 10.5. The smallest absolute Gasteiger partial charge is 0.232 e. The normalized spacial score (nSPS) is 28.4. The summed E-state index contributed by atoms with van der Waals surface area (Å²) in [5.74, 6) is -2.66. The molecule has 30 heavy (non-hydrogen) atoms. The van der Waals surface area contributed by atoms with E-state index in [4.69, 9.17) is 14.2 Å². The zero-order valence-electron chi connectivity index (χ0n) is 16.1. The first-order valence-electron chi connectivity index (χ1n) is 9.11. The van der Waals surface area contributed by atoms with Crippen LogP contribution in [0.2, 0.25) is 0 Å². The van der Waals surface area contributed by atoms with Gasteiger partial charge in [0.1, 0.15) is 17.5 Å². The Morgan fingerprint density at radius 1 is 1.10 bits per heavy atom. The summed E-state index contributed by atoms with van der Waals surface area (Å²) in [4.78, 5) is 0. The third-order valence-corrected chi connectivity index (χ3v) is 4.90. The van der Waals surface area contributed by atoms with E-state index in [1.54, 1.807) is 30.3 Å². The van der Waals surface area contributed by atoms with Gasteiger partial charge in [0.25, 0.3) is 0 Å². The molecule has 2 aromatic rings. The highest BCUT2D eigenvalue weighted by Crippen LogP contribution is 2.38. The van der Waals surface area contributed by atoms with Crippen molar-refractivity contribution in [3.05, 3.63) is 60.2 Å². The Morgan fingerprint density at radius 2 is 1.80 bits per heavy atom. The number of benzene rings is 2. The van der Waals surface area contributed by atoms with Gasteiger partial charge in [0.15, 0.2) is 17.6 Å². The molecule has 2 aromatic carbocycles. The molecule has 0 aromatic heterocycles. The number of hydrogen-bond donors (Lipinski definition) is 6. The van der Waals surface area contributed by atoms with Gasteiger partial charge < -0.3 is 44.8 Å². The lowest BCUT2D eigenvalue weighted by Gasteiger charge is -2.49. The van der Waals surface area contributed by atoms with Crippen LogP contribution < -0.4 is 9.47 Å². The largest absolute Gasteiger partial charge is 0.504 e. The van der Waals surface area contributed by atoms with Crippen LogP contribution in [0.4, 0.5) is 0 Å². The molecule has 1 aliphatic heterocycles. The Hall–Kier alpha value is -2.66. The van der Waals surface area contributed by atoms with Gasteiger partial charge in [0.2, 0.25) is 12.1 Å². The van der Waals surface area contributed by atoms with Crippen molar-refractivity contribution >= 4 is 6.08 Å². The lowest BCUT2D eigenvalue weighted by atomic mass is 9.84.